The Balaban J connectivity index is 2.15. The van der Waals surface area contributed by atoms with Crippen LogP contribution in [-0.2, 0) is 32.5 Å². The summed E-state index contributed by atoms with van der Waals surface area (Å²) in [6, 6.07) is 6.49. The first-order valence-electron chi connectivity index (χ1n) is 6.87. The molecule has 9 heteroatoms. The first kappa shape index (κ1) is 17.4. The predicted molar refractivity (Wildman–Crippen MR) is 87.6 cm³/mol. The third-order valence-corrected chi connectivity index (χ3v) is 5.26. The van der Waals surface area contributed by atoms with E-state index in [1.54, 1.807) is 30.5 Å². The van der Waals surface area contributed by atoms with Crippen molar-refractivity contribution >= 4 is 32.5 Å². The second-order valence-corrected chi connectivity index (χ2v) is 7.05. The Labute approximate surface area is 138 Å². The number of carbonyl (C=O) groups excluding carboxylic acids is 1. The molecule has 0 unspecified atom stereocenters. The molecule has 23 heavy (non-hydrogen) atoms. The van der Waals surface area contributed by atoms with E-state index in [1.807, 2.05) is 0 Å². The highest BCUT2D eigenvalue weighted by Crippen LogP contribution is 2.22. The van der Waals surface area contributed by atoms with Gasteiger partial charge in [-0.3, -0.25) is 9.52 Å². The first-order valence-corrected chi connectivity index (χ1v) is 9.23. The van der Waals surface area contributed by atoms with Crippen LogP contribution in [0.3, 0.4) is 0 Å². The largest absolute Gasteiger partial charge is 0.466 e. The van der Waals surface area contributed by atoms with Gasteiger partial charge in [-0.15, -0.1) is 11.3 Å². The van der Waals surface area contributed by atoms with Crippen LogP contribution in [0.1, 0.15) is 18.2 Å². The number of nitrogens with zero attached hydrogens (tertiary/aromatic N) is 1. The van der Waals surface area contributed by atoms with Crippen LogP contribution in [0.4, 0.5) is 5.13 Å². The topological polar surface area (TPSA) is 111 Å². The summed E-state index contributed by atoms with van der Waals surface area (Å²) in [4.78, 5) is 15.6. The van der Waals surface area contributed by atoms with E-state index in [-0.39, 0.29) is 23.0 Å². The van der Waals surface area contributed by atoms with E-state index < -0.39 is 16.0 Å². The zero-order chi connectivity index (χ0) is 16.9. The monoisotopic (exact) mass is 355 g/mol. The van der Waals surface area contributed by atoms with E-state index in [0.717, 1.165) is 11.3 Å². The number of anilines is 1. The maximum absolute atomic E-state index is 12.4. The summed E-state index contributed by atoms with van der Waals surface area (Å²) in [6.07, 6.45) is 0.00541. The highest BCUT2D eigenvalue weighted by Gasteiger charge is 2.19. The van der Waals surface area contributed by atoms with Gasteiger partial charge in [0.05, 0.1) is 23.6 Å². The number of esters is 1. The minimum absolute atomic E-state index is 0.00541. The number of nitrogens with two attached hydrogens (primary N) is 1. The van der Waals surface area contributed by atoms with Gasteiger partial charge in [-0.25, -0.2) is 13.4 Å². The van der Waals surface area contributed by atoms with Gasteiger partial charge in [-0.1, -0.05) is 18.2 Å². The molecule has 2 rings (SSSR count). The van der Waals surface area contributed by atoms with Gasteiger partial charge in [-0.2, -0.15) is 0 Å². The van der Waals surface area contributed by atoms with E-state index in [4.69, 9.17) is 10.5 Å². The second kappa shape index (κ2) is 7.53. The van der Waals surface area contributed by atoms with Gasteiger partial charge < -0.3 is 10.5 Å². The van der Waals surface area contributed by atoms with E-state index in [2.05, 4.69) is 9.71 Å². The molecule has 0 bridgehead atoms. The zero-order valence-corrected chi connectivity index (χ0v) is 14.1. The van der Waals surface area contributed by atoms with Crippen molar-refractivity contribution in [2.45, 2.75) is 24.8 Å². The van der Waals surface area contributed by atoms with Crippen molar-refractivity contribution in [3.63, 3.8) is 0 Å². The number of rotatable bonds is 7. The Kier molecular flexibility index (Phi) is 5.69. The fourth-order valence-corrected chi connectivity index (χ4v) is 4.11. The summed E-state index contributed by atoms with van der Waals surface area (Å²) >= 11 is 1.10. The third kappa shape index (κ3) is 4.50. The molecular formula is C14H17N3O4S2. The molecule has 1 heterocycles. The molecule has 0 spiro atoms. The van der Waals surface area contributed by atoms with Crippen molar-refractivity contribution in [2.75, 3.05) is 11.3 Å². The Morgan fingerprint density at radius 3 is 2.83 bits per heavy atom. The molecule has 1 aromatic heterocycles. The van der Waals surface area contributed by atoms with Gasteiger partial charge in [0.25, 0.3) is 10.0 Å². The van der Waals surface area contributed by atoms with Crippen molar-refractivity contribution in [3.05, 3.63) is 40.9 Å². The molecule has 0 atom stereocenters. The molecule has 0 saturated heterocycles. The minimum Gasteiger partial charge on any atom is -0.466 e. The standard InChI is InChI=1S/C14H17N3O4S2/c1-2-21-13(18)7-11-9-22-14(16-11)17-23(19,20)12-6-4-3-5-10(12)8-15/h3-6,9H,2,7-8,15H2,1H3,(H,16,17). The lowest BCUT2D eigenvalue weighted by atomic mass is 10.2. The van der Waals surface area contributed by atoms with E-state index in [1.165, 1.54) is 6.07 Å². The smallest absolute Gasteiger partial charge is 0.311 e. The molecule has 0 amide bonds. The molecule has 0 radical (unpaired) electrons. The maximum atomic E-state index is 12.4. The quantitative estimate of drug-likeness (QED) is 0.728. The van der Waals surface area contributed by atoms with Crippen LogP contribution in [-0.4, -0.2) is 26.0 Å². The second-order valence-electron chi connectivity index (χ2n) is 4.54. The molecule has 0 aliphatic carbocycles. The number of hydrogen-bond donors (Lipinski definition) is 2. The predicted octanol–water partition coefficient (Wildman–Crippen LogP) is 1.51. The van der Waals surface area contributed by atoms with Crippen LogP contribution in [0, 0.1) is 0 Å². The van der Waals surface area contributed by atoms with Crippen LogP contribution in [0.25, 0.3) is 0 Å². The summed E-state index contributed by atoms with van der Waals surface area (Å²) in [7, 11) is -3.78. The minimum atomic E-state index is -3.78. The fourth-order valence-electron chi connectivity index (χ4n) is 1.90. The van der Waals surface area contributed by atoms with Crippen LogP contribution < -0.4 is 10.5 Å². The Bertz CT molecular complexity index is 787. The zero-order valence-electron chi connectivity index (χ0n) is 12.5. The molecule has 124 valence electrons. The number of aromatic nitrogens is 1. The third-order valence-electron chi connectivity index (χ3n) is 2.89. The summed E-state index contributed by atoms with van der Waals surface area (Å²) in [5.41, 5.74) is 6.55. The van der Waals surface area contributed by atoms with Gasteiger partial charge in [0.1, 0.15) is 0 Å². The number of thiazole rings is 1. The summed E-state index contributed by atoms with van der Waals surface area (Å²) in [6.45, 7) is 2.12. The Morgan fingerprint density at radius 1 is 1.39 bits per heavy atom. The van der Waals surface area contributed by atoms with E-state index in [9.17, 15) is 13.2 Å². The molecule has 2 aromatic rings. The Hall–Kier alpha value is -1.97. The molecule has 0 fully saturated rings. The van der Waals surface area contributed by atoms with Crippen molar-refractivity contribution < 1.29 is 17.9 Å². The summed E-state index contributed by atoms with van der Waals surface area (Å²) < 4.78 is 32.1. The van der Waals surface area contributed by atoms with Crippen LogP contribution in [0.2, 0.25) is 0 Å². The highest BCUT2D eigenvalue weighted by atomic mass is 32.2. The van der Waals surface area contributed by atoms with Gasteiger partial charge in [-0.05, 0) is 18.6 Å². The van der Waals surface area contributed by atoms with Crippen molar-refractivity contribution in [1.82, 2.24) is 4.98 Å². The highest BCUT2D eigenvalue weighted by molar-refractivity contribution is 7.93. The molecule has 1 aromatic carbocycles. The molecule has 0 aliphatic heterocycles. The maximum Gasteiger partial charge on any atom is 0.311 e. The number of benzene rings is 1. The summed E-state index contributed by atoms with van der Waals surface area (Å²) in [5, 5.41) is 1.81. The average Bonchev–Trinajstić information content (AvgIpc) is 2.93. The van der Waals surface area contributed by atoms with Gasteiger partial charge >= 0.3 is 5.97 Å². The molecule has 0 saturated carbocycles. The van der Waals surface area contributed by atoms with Crippen molar-refractivity contribution in [1.29, 1.82) is 0 Å². The lowest BCUT2D eigenvalue weighted by Gasteiger charge is -2.09. The van der Waals surface area contributed by atoms with Gasteiger partial charge in [0.2, 0.25) is 0 Å². The van der Waals surface area contributed by atoms with Crippen LogP contribution >= 0.6 is 11.3 Å². The number of hydrogen-bond acceptors (Lipinski definition) is 7. The number of nitrogens with one attached hydrogen (secondary N) is 1. The molecular weight excluding hydrogens is 338 g/mol. The van der Waals surface area contributed by atoms with E-state index >= 15 is 0 Å². The molecule has 7 nitrogen and oxygen atoms in total. The normalized spacial score (nSPS) is 11.2. The van der Waals surface area contributed by atoms with Crippen LogP contribution in [0.15, 0.2) is 34.5 Å². The van der Waals surface area contributed by atoms with Crippen molar-refractivity contribution in [3.8, 4) is 0 Å². The van der Waals surface area contributed by atoms with Gasteiger partial charge in [0.15, 0.2) is 5.13 Å². The average molecular weight is 355 g/mol. The summed E-state index contributed by atoms with van der Waals surface area (Å²) in [5.74, 6) is -0.402. The molecule has 0 aliphatic rings. The Morgan fingerprint density at radius 2 is 2.13 bits per heavy atom. The van der Waals surface area contributed by atoms with Gasteiger partial charge in [0, 0.05) is 11.9 Å². The lowest BCUT2D eigenvalue weighted by molar-refractivity contribution is -0.142. The number of ether oxygens (including phenoxy) is 1. The van der Waals surface area contributed by atoms with Crippen molar-refractivity contribution in [2.24, 2.45) is 5.73 Å². The molecule has 3 N–H and O–H groups in total. The first-order chi connectivity index (χ1) is 11.0. The number of sulfonamides is 1. The SMILES string of the molecule is CCOC(=O)Cc1csc(NS(=O)(=O)c2ccccc2CN)n1. The van der Waals surface area contributed by atoms with E-state index in [0.29, 0.717) is 17.9 Å². The lowest BCUT2D eigenvalue weighted by Crippen LogP contribution is -2.16. The number of carbonyl (C=O) groups is 1. The van der Waals surface area contributed by atoms with Crippen LogP contribution in [0.5, 0.6) is 0 Å². The fraction of sp³-hybridized carbons (Fsp3) is 0.286.